The van der Waals surface area contributed by atoms with E-state index in [1.807, 2.05) is 0 Å². The Balaban J connectivity index is 2.48. The minimum atomic E-state index is -0.738. The van der Waals surface area contributed by atoms with Crippen LogP contribution in [-0.4, -0.2) is 9.78 Å². The van der Waals surface area contributed by atoms with E-state index in [4.69, 9.17) is 17.4 Å². The van der Waals surface area contributed by atoms with Crippen molar-refractivity contribution < 1.29 is 8.78 Å². The molecule has 1 unspecified atom stereocenters. The summed E-state index contributed by atoms with van der Waals surface area (Å²) in [6.07, 6.45) is 1.68. The molecule has 1 aromatic heterocycles. The van der Waals surface area contributed by atoms with Gasteiger partial charge in [0.05, 0.1) is 16.8 Å². The van der Waals surface area contributed by atoms with Crippen LogP contribution < -0.4 is 11.3 Å². The molecule has 1 heterocycles. The van der Waals surface area contributed by atoms with Crippen LogP contribution in [0, 0.1) is 11.6 Å². The highest BCUT2D eigenvalue weighted by Gasteiger charge is 2.20. The summed E-state index contributed by atoms with van der Waals surface area (Å²) in [5, 5.41) is 3.83. The number of hydrazine groups is 1. The first kappa shape index (κ1) is 12.9. The number of nitrogens with one attached hydrogen (secondary N) is 1. The maximum Gasteiger partial charge on any atom is 0.142 e. The van der Waals surface area contributed by atoms with E-state index >= 15 is 0 Å². The second-order valence-electron chi connectivity index (χ2n) is 3.80. The Bertz CT molecular complexity index is 570. The number of hydrogen-bond acceptors (Lipinski definition) is 3. The molecule has 96 valence electrons. The van der Waals surface area contributed by atoms with Gasteiger partial charge in [-0.15, -0.1) is 0 Å². The third-order valence-electron chi connectivity index (χ3n) is 2.55. The van der Waals surface area contributed by atoms with Gasteiger partial charge in [-0.3, -0.25) is 10.5 Å². The van der Waals surface area contributed by atoms with Crippen molar-refractivity contribution in [1.82, 2.24) is 15.2 Å². The van der Waals surface area contributed by atoms with Gasteiger partial charge in [-0.1, -0.05) is 11.6 Å². The van der Waals surface area contributed by atoms with Gasteiger partial charge in [0.15, 0.2) is 0 Å². The summed E-state index contributed by atoms with van der Waals surface area (Å²) in [6, 6.07) is 2.85. The highest BCUT2D eigenvalue weighted by Crippen LogP contribution is 2.26. The van der Waals surface area contributed by atoms with Crippen molar-refractivity contribution in [2.24, 2.45) is 12.9 Å². The number of hydrogen-bond donors (Lipinski definition) is 2. The van der Waals surface area contributed by atoms with Gasteiger partial charge in [0.25, 0.3) is 0 Å². The molecule has 3 N–H and O–H groups in total. The highest BCUT2D eigenvalue weighted by atomic mass is 35.5. The second-order valence-corrected chi connectivity index (χ2v) is 4.21. The van der Waals surface area contributed by atoms with Crippen LogP contribution in [0.5, 0.6) is 0 Å². The van der Waals surface area contributed by atoms with E-state index in [0.29, 0.717) is 5.69 Å². The van der Waals surface area contributed by atoms with E-state index in [-0.39, 0.29) is 10.6 Å². The fourth-order valence-corrected chi connectivity index (χ4v) is 1.83. The van der Waals surface area contributed by atoms with Crippen molar-refractivity contribution in [3.63, 3.8) is 0 Å². The van der Waals surface area contributed by atoms with Gasteiger partial charge < -0.3 is 0 Å². The molecule has 2 aromatic rings. The van der Waals surface area contributed by atoms with Gasteiger partial charge in [0, 0.05) is 18.8 Å². The van der Waals surface area contributed by atoms with Gasteiger partial charge >= 0.3 is 0 Å². The quantitative estimate of drug-likeness (QED) is 0.510. The Morgan fingerprint density at radius 1 is 1.39 bits per heavy atom. The molecular weight excluding hydrogens is 262 g/mol. The molecular formula is C11H11ClF2N4. The van der Waals surface area contributed by atoms with E-state index in [9.17, 15) is 8.78 Å². The predicted octanol–water partition coefficient (Wildman–Crippen LogP) is 1.90. The Hall–Kier alpha value is -1.50. The maximum atomic E-state index is 13.8. The van der Waals surface area contributed by atoms with Crippen LogP contribution in [0.1, 0.15) is 17.3 Å². The average molecular weight is 273 g/mol. The normalized spacial score (nSPS) is 12.7. The number of aryl methyl sites for hydroxylation is 1. The number of halogens is 3. The van der Waals surface area contributed by atoms with Gasteiger partial charge in [0.2, 0.25) is 0 Å². The summed E-state index contributed by atoms with van der Waals surface area (Å²) in [5.74, 6) is 4.03. The number of aromatic nitrogens is 2. The molecule has 0 radical (unpaired) electrons. The molecule has 0 bridgehead atoms. The van der Waals surface area contributed by atoms with Crippen LogP contribution in [0.3, 0.4) is 0 Å². The maximum absolute atomic E-state index is 13.8. The first-order valence-electron chi connectivity index (χ1n) is 5.13. The van der Waals surface area contributed by atoms with Crippen LogP contribution in [0.2, 0.25) is 5.02 Å². The zero-order valence-electron chi connectivity index (χ0n) is 9.49. The largest absolute Gasteiger partial charge is 0.275 e. The molecule has 7 heteroatoms. The van der Waals surface area contributed by atoms with Gasteiger partial charge in [-0.05, 0) is 18.2 Å². The number of nitrogens with two attached hydrogens (primary N) is 1. The molecule has 0 aliphatic heterocycles. The van der Waals surface area contributed by atoms with E-state index in [1.165, 1.54) is 0 Å². The Morgan fingerprint density at radius 2 is 2.11 bits per heavy atom. The molecule has 0 amide bonds. The summed E-state index contributed by atoms with van der Waals surface area (Å²) in [5.41, 5.74) is 2.95. The lowest BCUT2D eigenvalue weighted by atomic mass is 10.0. The minimum absolute atomic E-state index is 0.0538. The average Bonchev–Trinajstić information content (AvgIpc) is 2.73. The third kappa shape index (κ3) is 2.35. The number of rotatable bonds is 3. The molecule has 1 atom stereocenters. The smallest absolute Gasteiger partial charge is 0.142 e. The molecule has 18 heavy (non-hydrogen) atoms. The van der Waals surface area contributed by atoms with Crippen molar-refractivity contribution in [3.8, 4) is 0 Å². The van der Waals surface area contributed by atoms with Crippen LogP contribution >= 0.6 is 11.6 Å². The Morgan fingerprint density at radius 3 is 2.67 bits per heavy atom. The van der Waals surface area contributed by atoms with Gasteiger partial charge in [-0.2, -0.15) is 5.10 Å². The summed E-state index contributed by atoms with van der Waals surface area (Å²) < 4.78 is 28.7. The zero-order chi connectivity index (χ0) is 13.3. The zero-order valence-corrected chi connectivity index (χ0v) is 10.2. The highest BCUT2D eigenvalue weighted by molar-refractivity contribution is 6.30. The van der Waals surface area contributed by atoms with Crippen LogP contribution in [0.15, 0.2) is 24.4 Å². The molecule has 4 nitrogen and oxygen atoms in total. The molecule has 2 rings (SSSR count). The topological polar surface area (TPSA) is 55.9 Å². The van der Waals surface area contributed by atoms with Crippen molar-refractivity contribution in [2.45, 2.75) is 6.04 Å². The van der Waals surface area contributed by atoms with Crippen molar-refractivity contribution in [3.05, 3.63) is 52.3 Å². The summed E-state index contributed by atoms with van der Waals surface area (Å²) in [6.45, 7) is 0. The predicted molar refractivity (Wildman–Crippen MR) is 63.7 cm³/mol. The monoisotopic (exact) mass is 272 g/mol. The summed E-state index contributed by atoms with van der Waals surface area (Å²) in [7, 11) is 1.72. The SMILES string of the molecule is Cn1ccc(C(NN)c2cc(F)c(Cl)cc2F)n1. The van der Waals surface area contributed by atoms with E-state index in [0.717, 1.165) is 12.1 Å². The minimum Gasteiger partial charge on any atom is -0.275 e. The molecule has 1 aromatic carbocycles. The van der Waals surface area contributed by atoms with Crippen molar-refractivity contribution >= 4 is 11.6 Å². The van der Waals surface area contributed by atoms with E-state index in [2.05, 4.69) is 10.5 Å². The lowest BCUT2D eigenvalue weighted by molar-refractivity contribution is 0.535. The van der Waals surface area contributed by atoms with Crippen molar-refractivity contribution in [2.75, 3.05) is 0 Å². The van der Waals surface area contributed by atoms with Crippen molar-refractivity contribution in [1.29, 1.82) is 0 Å². The number of benzene rings is 1. The summed E-state index contributed by atoms with van der Waals surface area (Å²) >= 11 is 5.50. The van der Waals surface area contributed by atoms with Gasteiger partial charge in [-0.25, -0.2) is 14.2 Å². The lowest BCUT2D eigenvalue weighted by Crippen LogP contribution is -2.30. The van der Waals surface area contributed by atoms with Crippen LogP contribution in [-0.2, 0) is 7.05 Å². The van der Waals surface area contributed by atoms with E-state index < -0.39 is 17.7 Å². The molecule has 0 saturated carbocycles. The molecule has 0 fully saturated rings. The fraction of sp³-hybridized carbons (Fsp3) is 0.182. The Kier molecular flexibility index (Phi) is 3.60. The molecule has 0 saturated heterocycles. The molecule has 0 spiro atoms. The summed E-state index contributed by atoms with van der Waals surface area (Å²) in [4.78, 5) is 0. The lowest BCUT2D eigenvalue weighted by Gasteiger charge is -2.15. The van der Waals surface area contributed by atoms with Crippen LogP contribution in [0.25, 0.3) is 0 Å². The number of nitrogens with zero attached hydrogens (tertiary/aromatic N) is 2. The first-order chi connectivity index (χ1) is 8.52. The van der Waals surface area contributed by atoms with Gasteiger partial charge in [0.1, 0.15) is 11.6 Å². The molecule has 0 aliphatic carbocycles. The van der Waals surface area contributed by atoms with Crippen LogP contribution in [0.4, 0.5) is 8.78 Å². The molecule has 0 aliphatic rings. The third-order valence-corrected chi connectivity index (χ3v) is 2.84. The standard InChI is InChI=1S/C11H11ClF2N4/c1-18-3-2-10(17-18)11(16-15)6-4-9(14)7(12)5-8(6)13/h2-5,11,16H,15H2,1H3. The first-order valence-corrected chi connectivity index (χ1v) is 5.51. The fourth-order valence-electron chi connectivity index (χ4n) is 1.68. The Labute approximate surface area is 107 Å². The van der Waals surface area contributed by atoms with E-state index in [1.54, 1.807) is 24.0 Å². The second kappa shape index (κ2) is 5.01.